The predicted molar refractivity (Wildman–Crippen MR) is 172 cm³/mol. The largest absolute Gasteiger partial charge is 0.394 e. The predicted octanol–water partition coefficient (Wildman–Crippen LogP) is 1.02. The normalized spacial score (nSPS) is 30.9. The highest BCUT2D eigenvalue weighted by Gasteiger charge is 2.50. The van der Waals surface area contributed by atoms with E-state index in [-0.39, 0.29) is 6.61 Å². The zero-order valence-electron chi connectivity index (χ0n) is 27.3. The van der Waals surface area contributed by atoms with E-state index >= 15 is 0 Å². The van der Waals surface area contributed by atoms with E-state index in [4.69, 9.17) is 28.4 Å². The van der Waals surface area contributed by atoms with E-state index in [9.17, 15) is 30.6 Å². The fraction of sp³-hybridized carbons (Fsp3) is 0.636. The topological polar surface area (TPSA) is 205 Å². The van der Waals surface area contributed by atoms with Crippen LogP contribution < -0.4 is 4.90 Å². The zero-order chi connectivity index (χ0) is 34.5. The number of hydrogen-bond acceptors (Lipinski definition) is 15. The van der Waals surface area contributed by atoms with Gasteiger partial charge in [-0.3, -0.25) is 0 Å². The molecule has 10 atom stereocenters. The maximum absolute atomic E-state index is 10.7. The third-order valence-corrected chi connectivity index (χ3v) is 8.30. The van der Waals surface area contributed by atoms with Crippen molar-refractivity contribution in [1.29, 1.82) is 0 Å². The Morgan fingerprint density at radius 2 is 1.38 bits per heavy atom. The summed E-state index contributed by atoms with van der Waals surface area (Å²) in [5.41, 5.74) is 2.65. The van der Waals surface area contributed by atoms with Crippen molar-refractivity contribution < 1.29 is 59.1 Å². The molecule has 0 spiro atoms. The maximum atomic E-state index is 10.7. The monoisotopic (exact) mass is 679 g/mol. The van der Waals surface area contributed by atoms with E-state index in [1.54, 1.807) is 0 Å². The number of unbranched alkanes of at least 4 members (excludes halogenated alkanes) is 1. The van der Waals surface area contributed by atoms with Gasteiger partial charge < -0.3 is 64.0 Å². The van der Waals surface area contributed by atoms with Gasteiger partial charge in [0, 0.05) is 39.1 Å². The summed E-state index contributed by atoms with van der Waals surface area (Å²) < 4.78 is 33.5. The number of aliphatic hydroxyl groups is 6. The first kappa shape index (κ1) is 38.2. The molecule has 0 aliphatic carbocycles. The Balaban J connectivity index is 1.13. The molecular formula is C33H49N3O12. The first-order chi connectivity index (χ1) is 23.3. The van der Waals surface area contributed by atoms with Crippen LogP contribution in [0.25, 0.3) is 0 Å². The standard InChI is InChI=1S/C33H49N3O12/c1-3-36(23-13-11-22(12-14-23)35-34-21-9-5-4-6-10-21)15-18-44-16-7-8-17-45-20-25-26(38)27(39)31(43-2)33(47-25)48-30-24(19-37)46-32(42)29(41)28(30)40/h4-6,9-14,24-33,37-42H,3,7-8,15-20H2,1-2H3/t24-,25-,26+,27+,28-,29-,30-,31-,32?,33+/m1/s1. The van der Waals surface area contributed by atoms with E-state index in [2.05, 4.69) is 22.1 Å². The van der Waals surface area contributed by atoms with Gasteiger partial charge in [0.05, 0.1) is 31.2 Å². The van der Waals surface area contributed by atoms with Gasteiger partial charge in [-0.1, -0.05) is 18.2 Å². The molecule has 2 aliphatic heterocycles. The van der Waals surface area contributed by atoms with Crippen LogP contribution in [-0.4, -0.2) is 145 Å². The number of hydrogen-bond donors (Lipinski definition) is 6. The molecule has 2 aromatic carbocycles. The van der Waals surface area contributed by atoms with Gasteiger partial charge in [-0.2, -0.15) is 10.2 Å². The highest BCUT2D eigenvalue weighted by Crippen LogP contribution is 2.30. The molecule has 15 nitrogen and oxygen atoms in total. The van der Waals surface area contributed by atoms with Crippen molar-refractivity contribution in [3.05, 3.63) is 54.6 Å². The minimum atomic E-state index is -1.72. The highest BCUT2D eigenvalue weighted by molar-refractivity contribution is 5.52. The molecule has 15 heteroatoms. The van der Waals surface area contributed by atoms with Crippen LogP contribution in [0, 0.1) is 0 Å². The molecule has 2 saturated heterocycles. The molecule has 4 rings (SSSR count). The number of methoxy groups -OCH3 is 1. The molecular weight excluding hydrogens is 630 g/mol. The van der Waals surface area contributed by atoms with Gasteiger partial charge in [-0.25, -0.2) is 0 Å². The van der Waals surface area contributed by atoms with Crippen LogP contribution in [0.3, 0.4) is 0 Å². The molecule has 2 aliphatic rings. The summed E-state index contributed by atoms with van der Waals surface area (Å²) in [6, 6.07) is 17.5. The Kier molecular flexibility index (Phi) is 15.5. The van der Waals surface area contributed by atoms with Gasteiger partial charge in [0.1, 0.15) is 48.8 Å². The van der Waals surface area contributed by atoms with Gasteiger partial charge in [0.2, 0.25) is 0 Å². The van der Waals surface area contributed by atoms with Gasteiger partial charge in [-0.05, 0) is 56.2 Å². The molecule has 6 N–H and O–H groups in total. The smallest absolute Gasteiger partial charge is 0.187 e. The molecule has 0 bridgehead atoms. The average molecular weight is 680 g/mol. The summed E-state index contributed by atoms with van der Waals surface area (Å²) in [6.07, 6.45) is -12.4. The van der Waals surface area contributed by atoms with E-state index in [1.807, 2.05) is 54.6 Å². The molecule has 0 amide bonds. The SMILES string of the molecule is CCN(CCOCCCCOC[C@H]1O[C@@H](O[C@H]2[C@H](O)[C@@H](O)C(O)O[C@@H]2CO)[C@H](OC)[C@@H](O)[C@H]1O)c1ccc(N=Nc2ccccc2)cc1. The van der Waals surface area contributed by atoms with Crippen LogP contribution in [0.5, 0.6) is 0 Å². The molecule has 2 fully saturated rings. The van der Waals surface area contributed by atoms with Gasteiger partial charge >= 0.3 is 0 Å². The number of azo groups is 1. The minimum Gasteiger partial charge on any atom is -0.394 e. The number of ether oxygens (including phenoxy) is 6. The maximum Gasteiger partial charge on any atom is 0.187 e. The summed E-state index contributed by atoms with van der Waals surface area (Å²) in [4.78, 5) is 2.22. The Morgan fingerprint density at radius 1 is 0.729 bits per heavy atom. The van der Waals surface area contributed by atoms with E-state index in [1.165, 1.54) is 7.11 Å². The van der Waals surface area contributed by atoms with Crippen molar-refractivity contribution in [2.24, 2.45) is 10.2 Å². The lowest BCUT2D eigenvalue weighted by molar-refractivity contribution is -0.358. The Hall–Kier alpha value is -2.64. The van der Waals surface area contributed by atoms with Crippen LogP contribution >= 0.6 is 0 Å². The number of likely N-dealkylation sites (N-methyl/N-ethyl adjacent to an activating group) is 1. The summed E-state index contributed by atoms with van der Waals surface area (Å²) in [5.74, 6) is 0. The lowest BCUT2D eigenvalue weighted by Gasteiger charge is -2.46. The highest BCUT2D eigenvalue weighted by atomic mass is 16.7. The number of anilines is 1. The van der Waals surface area contributed by atoms with Gasteiger partial charge in [0.15, 0.2) is 12.6 Å². The third-order valence-electron chi connectivity index (χ3n) is 8.30. The summed E-state index contributed by atoms with van der Waals surface area (Å²) in [6.45, 7) is 4.40. The number of aliphatic hydroxyl groups excluding tert-OH is 6. The summed E-state index contributed by atoms with van der Waals surface area (Å²) >= 11 is 0. The van der Waals surface area contributed by atoms with Crippen molar-refractivity contribution in [3.63, 3.8) is 0 Å². The second-order valence-electron chi connectivity index (χ2n) is 11.6. The molecule has 0 radical (unpaired) electrons. The Labute approximate surface area is 280 Å². The fourth-order valence-electron chi connectivity index (χ4n) is 5.49. The van der Waals surface area contributed by atoms with Crippen molar-refractivity contribution in [1.82, 2.24) is 0 Å². The number of rotatable bonds is 18. The van der Waals surface area contributed by atoms with Crippen LogP contribution in [0.2, 0.25) is 0 Å². The molecule has 2 heterocycles. The zero-order valence-corrected chi connectivity index (χ0v) is 27.3. The number of nitrogens with zero attached hydrogens (tertiary/aromatic N) is 3. The van der Waals surface area contributed by atoms with Crippen molar-refractivity contribution >= 4 is 17.1 Å². The van der Waals surface area contributed by atoms with Crippen LogP contribution in [0.1, 0.15) is 19.8 Å². The number of benzene rings is 2. The molecule has 0 saturated carbocycles. The lowest BCUT2D eigenvalue weighted by Crippen LogP contribution is -2.64. The van der Waals surface area contributed by atoms with Crippen molar-refractivity contribution in [2.75, 3.05) is 58.1 Å². The fourth-order valence-corrected chi connectivity index (χ4v) is 5.49. The Bertz CT molecular complexity index is 1210. The van der Waals surface area contributed by atoms with E-state index in [0.717, 1.165) is 36.6 Å². The van der Waals surface area contributed by atoms with Crippen molar-refractivity contribution in [2.45, 2.75) is 81.2 Å². The lowest BCUT2D eigenvalue weighted by atomic mass is 9.97. The van der Waals surface area contributed by atoms with Crippen molar-refractivity contribution in [3.8, 4) is 0 Å². The molecule has 2 aromatic rings. The van der Waals surface area contributed by atoms with Crippen LogP contribution in [0.4, 0.5) is 17.1 Å². The van der Waals surface area contributed by atoms with E-state index < -0.39 is 68.0 Å². The quantitative estimate of drug-likeness (QED) is 0.0963. The summed E-state index contributed by atoms with van der Waals surface area (Å²) in [5, 5.41) is 69.7. The molecule has 1 unspecified atom stereocenters. The average Bonchev–Trinajstić information content (AvgIpc) is 3.11. The van der Waals surface area contributed by atoms with Crippen LogP contribution in [-0.2, 0) is 28.4 Å². The minimum absolute atomic E-state index is 0.0677. The van der Waals surface area contributed by atoms with Gasteiger partial charge in [-0.15, -0.1) is 0 Å². The van der Waals surface area contributed by atoms with E-state index in [0.29, 0.717) is 26.2 Å². The molecule has 268 valence electrons. The Morgan fingerprint density at radius 3 is 2.02 bits per heavy atom. The van der Waals surface area contributed by atoms with Gasteiger partial charge in [0.25, 0.3) is 0 Å². The summed E-state index contributed by atoms with van der Waals surface area (Å²) in [7, 11) is 1.29. The molecule has 48 heavy (non-hydrogen) atoms. The second-order valence-corrected chi connectivity index (χ2v) is 11.6. The second kappa shape index (κ2) is 19.5. The third kappa shape index (κ3) is 10.4. The first-order valence-corrected chi connectivity index (χ1v) is 16.2. The molecule has 0 aromatic heterocycles. The van der Waals surface area contributed by atoms with Crippen LogP contribution in [0.15, 0.2) is 64.8 Å². The first-order valence-electron chi connectivity index (χ1n) is 16.2.